The molecule has 1 heterocycles. The highest BCUT2D eigenvalue weighted by molar-refractivity contribution is 7.89. The van der Waals surface area contributed by atoms with Crippen molar-refractivity contribution in [2.24, 2.45) is 0 Å². The van der Waals surface area contributed by atoms with Crippen molar-refractivity contribution in [3.8, 4) is 5.75 Å². The molecule has 0 aliphatic carbocycles. The highest BCUT2D eigenvalue weighted by Gasteiger charge is 2.28. The van der Waals surface area contributed by atoms with E-state index in [0.29, 0.717) is 24.5 Å². The zero-order chi connectivity index (χ0) is 20.3. The van der Waals surface area contributed by atoms with Gasteiger partial charge in [-0.15, -0.1) is 0 Å². The number of nitrogens with zero attached hydrogens (tertiary/aromatic N) is 1. The van der Waals surface area contributed by atoms with Crippen molar-refractivity contribution in [2.75, 3.05) is 23.7 Å². The normalized spacial score (nSPS) is 14.6. The molecule has 0 spiro atoms. The first-order valence-corrected chi connectivity index (χ1v) is 10.2. The summed E-state index contributed by atoms with van der Waals surface area (Å²) in [6, 6.07) is 10.1. The molecule has 0 unspecified atom stereocenters. The quantitative estimate of drug-likeness (QED) is 0.709. The van der Waals surface area contributed by atoms with Gasteiger partial charge in [-0.3, -0.25) is 9.59 Å². The summed E-state index contributed by atoms with van der Waals surface area (Å²) in [5, 5.41) is 15.3. The zero-order valence-electron chi connectivity index (χ0n) is 15.3. The van der Waals surface area contributed by atoms with Gasteiger partial charge < -0.3 is 15.7 Å². The zero-order valence-corrected chi connectivity index (χ0v) is 16.1. The van der Waals surface area contributed by atoms with Gasteiger partial charge in [0.25, 0.3) is 5.91 Å². The van der Waals surface area contributed by atoms with Crippen LogP contribution in [0.15, 0.2) is 47.4 Å². The molecule has 2 amide bonds. The number of nitrogens with one attached hydrogen (secondary N) is 2. The second-order valence-electron chi connectivity index (χ2n) is 6.50. The molecular formula is C19H21N3O5S. The molecule has 1 aliphatic heterocycles. The number of hydrogen-bond acceptors (Lipinski definition) is 5. The largest absolute Gasteiger partial charge is 0.507 e. The van der Waals surface area contributed by atoms with Crippen LogP contribution >= 0.6 is 0 Å². The molecule has 0 radical (unpaired) electrons. The number of aromatic hydroxyl groups is 1. The minimum absolute atomic E-state index is 0.0293. The van der Waals surface area contributed by atoms with Crippen LogP contribution in [0.25, 0.3) is 0 Å². The number of benzene rings is 2. The van der Waals surface area contributed by atoms with E-state index in [0.717, 1.165) is 12.8 Å². The summed E-state index contributed by atoms with van der Waals surface area (Å²) in [6.45, 7) is 2.29. The lowest BCUT2D eigenvalue weighted by atomic mass is 10.2. The van der Waals surface area contributed by atoms with Gasteiger partial charge >= 0.3 is 0 Å². The number of carbonyl (C=O) groups is 2. The lowest BCUT2D eigenvalue weighted by Gasteiger charge is -2.16. The maximum atomic E-state index is 12.7. The highest BCUT2D eigenvalue weighted by Crippen LogP contribution is 2.26. The van der Waals surface area contributed by atoms with Crippen molar-refractivity contribution < 1.29 is 23.1 Å². The molecule has 0 bridgehead atoms. The third-order valence-electron chi connectivity index (χ3n) is 4.38. The van der Waals surface area contributed by atoms with Crippen LogP contribution in [0.2, 0.25) is 0 Å². The summed E-state index contributed by atoms with van der Waals surface area (Å²) >= 11 is 0. The van der Waals surface area contributed by atoms with Crippen molar-refractivity contribution in [3.63, 3.8) is 0 Å². The summed E-state index contributed by atoms with van der Waals surface area (Å²) in [5.74, 6) is -1.16. The second kappa shape index (κ2) is 7.99. The first kappa shape index (κ1) is 19.8. The molecule has 3 rings (SSSR count). The van der Waals surface area contributed by atoms with Gasteiger partial charge in [-0.05, 0) is 55.3 Å². The minimum atomic E-state index is -3.70. The van der Waals surface area contributed by atoms with Crippen molar-refractivity contribution in [3.05, 3.63) is 48.0 Å². The fourth-order valence-electron chi connectivity index (χ4n) is 2.97. The van der Waals surface area contributed by atoms with E-state index in [9.17, 15) is 23.1 Å². The van der Waals surface area contributed by atoms with Crippen LogP contribution in [0.1, 0.15) is 30.1 Å². The van der Waals surface area contributed by atoms with Gasteiger partial charge in [-0.2, -0.15) is 4.31 Å². The molecule has 1 fully saturated rings. The Hall–Kier alpha value is -2.91. The van der Waals surface area contributed by atoms with E-state index in [-0.39, 0.29) is 22.1 Å². The topological polar surface area (TPSA) is 116 Å². The third-order valence-corrected chi connectivity index (χ3v) is 6.27. The number of sulfonamides is 1. The van der Waals surface area contributed by atoms with Crippen LogP contribution < -0.4 is 10.6 Å². The highest BCUT2D eigenvalue weighted by atomic mass is 32.2. The Kier molecular flexibility index (Phi) is 5.66. The minimum Gasteiger partial charge on any atom is -0.507 e. The van der Waals surface area contributed by atoms with Gasteiger partial charge in [-0.1, -0.05) is 0 Å². The van der Waals surface area contributed by atoms with Crippen LogP contribution in [0, 0.1) is 0 Å². The Bertz CT molecular complexity index is 997. The number of amides is 2. The molecular weight excluding hydrogens is 382 g/mol. The summed E-state index contributed by atoms with van der Waals surface area (Å²) < 4.78 is 26.7. The smallest absolute Gasteiger partial charge is 0.259 e. The molecule has 28 heavy (non-hydrogen) atoms. The number of phenolic OH excluding ortho intramolecular Hbond substituents is 1. The molecule has 0 saturated carbocycles. The molecule has 2 aromatic rings. The average molecular weight is 403 g/mol. The molecule has 1 saturated heterocycles. The fourth-order valence-corrected chi connectivity index (χ4v) is 4.52. The van der Waals surface area contributed by atoms with E-state index in [1.807, 2.05) is 0 Å². The number of carbonyl (C=O) groups excluding carboxylic acids is 2. The van der Waals surface area contributed by atoms with E-state index < -0.39 is 15.9 Å². The molecule has 0 atom stereocenters. The summed E-state index contributed by atoms with van der Waals surface area (Å²) in [7, 11) is -3.70. The van der Waals surface area contributed by atoms with Gasteiger partial charge in [0.1, 0.15) is 5.75 Å². The van der Waals surface area contributed by atoms with Gasteiger partial charge in [0.05, 0.1) is 10.5 Å². The lowest BCUT2D eigenvalue weighted by molar-refractivity contribution is -0.114. The lowest BCUT2D eigenvalue weighted by Crippen LogP contribution is -2.28. The molecule has 2 aromatic carbocycles. The van der Waals surface area contributed by atoms with Crippen molar-refractivity contribution >= 4 is 33.2 Å². The van der Waals surface area contributed by atoms with E-state index >= 15 is 0 Å². The SMILES string of the molecule is CC(=O)Nc1ccc(NC(=O)c2cc(S(=O)(=O)N3CCCC3)ccc2O)cc1. The van der Waals surface area contributed by atoms with Crippen LogP contribution in [-0.2, 0) is 14.8 Å². The van der Waals surface area contributed by atoms with Crippen LogP contribution in [0.5, 0.6) is 5.75 Å². The standard InChI is InChI=1S/C19H21N3O5S/c1-13(23)20-14-4-6-15(7-5-14)21-19(25)17-12-16(8-9-18(17)24)28(26,27)22-10-2-3-11-22/h4-9,12,24H,2-3,10-11H2,1H3,(H,20,23)(H,21,25). The summed E-state index contributed by atoms with van der Waals surface area (Å²) in [6.07, 6.45) is 1.61. The first-order chi connectivity index (χ1) is 13.3. The maximum absolute atomic E-state index is 12.7. The first-order valence-electron chi connectivity index (χ1n) is 8.79. The predicted octanol–water partition coefficient (Wildman–Crippen LogP) is 2.39. The Morgan fingerprint density at radius 3 is 2.11 bits per heavy atom. The molecule has 9 heteroatoms. The van der Waals surface area contributed by atoms with Crippen LogP contribution in [-0.4, -0.2) is 42.7 Å². The molecule has 1 aliphatic rings. The molecule has 8 nitrogen and oxygen atoms in total. The van der Waals surface area contributed by atoms with Gasteiger partial charge in [0, 0.05) is 31.4 Å². The third kappa shape index (κ3) is 4.32. The van der Waals surface area contributed by atoms with E-state index in [4.69, 9.17) is 0 Å². The second-order valence-corrected chi connectivity index (χ2v) is 8.44. The Morgan fingerprint density at radius 1 is 0.964 bits per heavy atom. The van der Waals surface area contributed by atoms with Crippen molar-refractivity contribution in [1.29, 1.82) is 0 Å². The number of phenols is 1. The fraction of sp³-hybridized carbons (Fsp3) is 0.263. The Labute approximate surface area is 163 Å². The van der Waals surface area contributed by atoms with Crippen molar-refractivity contribution in [1.82, 2.24) is 4.31 Å². The van der Waals surface area contributed by atoms with E-state index in [2.05, 4.69) is 10.6 Å². The number of anilines is 2. The molecule has 0 aromatic heterocycles. The average Bonchev–Trinajstić information content (AvgIpc) is 3.18. The van der Waals surface area contributed by atoms with Crippen LogP contribution in [0.4, 0.5) is 11.4 Å². The predicted molar refractivity (Wildman–Crippen MR) is 105 cm³/mol. The molecule has 148 valence electrons. The Balaban J connectivity index is 1.80. The summed E-state index contributed by atoms with van der Waals surface area (Å²) in [4.78, 5) is 23.6. The Morgan fingerprint density at radius 2 is 1.54 bits per heavy atom. The number of hydrogen-bond donors (Lipinski definition) is 3. The van der Waals surface area contributed by atoms with E-state index in [1.165, 1.54) is 29.4 Å². The summed E-state index contributed by atoms with van der Waals surface area (Å²) in [5.41, 5.74) is 0.879. The molecule has 3 N–H and O–H groups in total. The van der Waals surface area contributed by atoms with Crippen molar-refractivity contribution in [2.45, 2.75) is 24.7 Å². The van der Waals surface area contributed by atoms with Gasteiger partial charge in [0.2, 0.25) is 15.9 Å². The number of rotatable bonds is 5. The van der Waals surface area contributed by atoms with Gasteiger partial charge in [0.15, 0.2) is 0 Å². The van der Waals surface area contributed by atoms with Crippen LogP contribution in [0.3, 0.4) is 0 Å². The van der Waals surface area contributed by atoms with E-state index in [1.54, 1.807) is 24.3 Å². The van der Waals surface area contributed by atoms with Gasteiger partial charge in [-0.25, -0.2) is 8.42 Å². The monoisotopic (exact) mass is 403 g/mol. The maximum Gasteiger partial charge on any atom is 0.259 e.